The summed E-state index contributed by atoms with van der Waals surface area (Å²) in [5.41, 5.74) is 4.58. The molecule has 0 aromatic carbocycles. The summed E-state index contributed by atoms with van der Waals surface area (Å²) < 4.78 is 0. The Morgan fingerprint density at radius 3 is 2.09 bits per heavy atom. The number of allylic oxidation sites excluding steroid dienone is 2. The molecule has 0 radical (unpaired) electrons. The van der Waals surface area contributed by atoms with Crippen LogP contribution in [-0.4, -0.2) is 17.2 Å². The normalized spacial score (nSPS) is 31.3. The molecule has 5 saturated carbocycles. The average molecular weight is 450 g/mol. The molecule has 5 aliphatic carbocycles. The van der Waals surface area contributed by atoms with Crippen LogP contribution in [0.4, 0.5) is 0 Å². The summed E-state index contributed by atoms with van der Waals surface area (Å²) in [5, 5.41) is 3.62. The lowest BCUT2D eigenvalue weighted by Gasteiger charge is -2.49. The molecule has 3 heteroatoms. The van der Waals surface area contributed by atoms with Crippen LogP contribution in [0.15, 0.2) is 22.3 Å². The number of amides is 1. The maximum atomic E-state index is 14.8. The Hall–Kier alpha value is -1.38. The second-order valence-electron chi connectivity index (χ2n) is 12.3. The van der Waals surface area contributed by atoms with E-state index in [9.17, 15) is 9.59 Å². The number of Topliss-reactive ketones (excluding diaryl/α,β-unsaturated/α-hetero) is 1. The second-order valence-corrected chi connectivity index (χ2v) is 12.3. The van der Waals surface area contributed by atoms with Crippen molar-refractivity contribution < 1.29 is 9.59 Å². The number of rotatable bonds is 4. The van der Waals surface area contributed by atoms with Crippen LogP contribution >= 0.6 is 0 Å². The lowest BCUT2D eigenvalue weighted by molar-refractivity contribution is -0.129. The zero-order valence-electron chi connectivity index (χ0n) is 20.6. The third-order valence-electron chi connectivity index (χ3n) is 10.6. The Labute approximate surface area is 200 Å². The van der Waals surface area contributed by atoms with E-state index in [0.29, 0.717) is 17.6 Å². The van der Waals surface area contributed by atoms with Crippen molar-refractivity contribution in [1.82, 2.24) is 5.32 Å². The van der Waals surface area contributed by atoms with Gasteiger partial charge in [-0.15, -0.1) is 0 Å². The quantitative estimate of drug-likeness (QED) is 0.465. The van der Waals surface area contributed by atoms with E-state index >= 15 is 0 Å². The van der Waals surface area contributed by atoms with Crippen LogP contribution in [0.2, 0.25) is 0 Å². The van der Waals surface area contributed by atoms with Gasteiger partial charge in [0.25, 0.3) is 0 Å². The molecule has 1 unspecified atom stereocenters. The smallest absolute Gasteiger partial charge is 0.248 e. The standard InChI is InChI=1S/C30H43NO2/c32-27(25(21-11-2-3-12-21)22-13-4-5-14-22)29(17-8-9-18-29)26-23-15-10-16-24(23)30(31-28(26)33)19-6-1-7-20-30/h21,24H,1-20H2,(H,31,33). The van der Waals surface area contributed by atoms with E-state index in [1.807, 2.05) is 0 Å². The van der Waals surface area contributed by atoms with Crippen molar-refractivity contribution in [3.63, 3.8) is 0 Å². The fourth-order valence-corrected chi connectivity index (χ4v) is 9.20. The Morgan fingerprint density at radius 2 is 1.39 bits per heavy atom. The topological polar surface area (TPSA) is 46.2 Å². The molecule has 1 amide bonds. The first-order chi connectivity index (χ1) is 16.1. The molecule has 3 nitrogen and oxygen atoms in total. The van der Waals surface area contributed by atoms with Gasteiger partial charge in [-0.1, -0.05) is 56.1 Å². The van der Waals surface area contributed by atoms with Gasteiger partial charge in [0.2, 0.25) is 5.91 Å². The van der Waals surface area contributed by atoms with Gasteiger partial charge in [0, 0.05) is 17.0 Å². The van der Waals surface area contributed by atoms with Gasteiger partial charge in [0.05, 0.1) is 5.41 Å². The fourth-order valence-electron chi connectivity index (χ4n) is 9.20. The van der Waals surface area contributed by atoms with Crippen LogP contribution in [0.5, 0.6) is 0 Å². The highest BCUT2D eigenvalue weighted by molar-refractivity contribution is 6.11. The minimum Gasteiger partial charge on any atom is -0.346 e. The van der Waals surface area contributed by atoms with E-state index in [1.165, 1.54) is 87.3 Å². The predicted octanol–water partition coefficient (Wildman–Crippen LogP) is 7.11. The number of carbonyl (C=O) groups excluding carboxylic acids is 2. The molecule has 1 spiro atoms. The van der Waals surface area contributed by atoms with Gasteiger partial charge >= 0.3 is 0 Å². The lowest BCUT2D eigenvalue weighted by atomic mass is 9.61. The van der Waals surface area contributed by atoms with Gasteiger partial charge in [-0.2, -0.15) is 0 Å². The van der Waals surface area contributed by atoms with E-state index in [2.05, 4.69) is 5.32 Å². The van der Waals surface area contributed by atoms with Crippen molar-refractivity contribution in [3.8, 4) is 0 Å². The summed E-state index contributed by atoms with van der Waals surface area (Å²) >= 11 is 0. The molecule has 5 fully saturated rings. The van der Waals surface area contributed by atoms with Gasteiger partial charge in [0.1, 0.15) is 0 Å². The molecular weight excluding hydrogens is 406 g/mol. The van der Waals surface area contributed by atoms with Crippen molar-refractivity contribution in [3.05, 3.63) is 22.3 Å². The predicted molar refractivity (Wildman–Crippen MR) is 132 cm³/mol. The van der Waals surface area contributed by atoms with E-state index in [4.69, 9.17) is 0 Å². The third kappa shape index (κ3) is 3.50. The SMILES string of the molecule is O=C1NC2(CCCCC2)C2CCCC2=C1C1(C(=O)C(=C2CCCC2)C2CCCC2)CCCC1. The largest absolute Gasteiger partial charge is 0.346 e. The van der Waals surface area contributed by atoms with Crippen LogP contribution < -0.4 is 5.32 Å². The monoisotopic (exact) mass is 449 g/mol. The van der Waals surface area contributed by atoms with Crippen molar-refractivity contribution in [2.75, 3.05) is 0 Å². The van der Waals surface area contributed by atoms with Gasteiger partial charge in [-0.25, -0.2) is 0 Å². The molecule has 0 bridgehead atoms. The van der Waals surface area contributed by atoms with Crippen molar-refractivity contribution in [2.45, 2.75) is 134 Å². The third-order valence-corrected chi connectivity index (χ3v) is 10.6. The van der Waals surface area contributed by atoms with Crippen LogP contribution in [0.1, 0.15) is 128 Å². The molecule has 1 aliphatic heterocycles. The van der Waals surface area contributed by atoms with Gasteiger partial charge in [-0.05, 0) is 95.0 Å². The number of nitrogens with one attached hydrogen (secondary N) is 1. The Bertz CT molecular complexity index is 867. The van der Waals surface area contributed by atoms with Crippen LogP contribution in [0, 0.1) is 17.3 Å². The minimum absolute atomic E-state index is 0.00823. The van der Waals surface area contributed by atoms with E-state index in [-0.39, 0.29) is 11.4 Å². The first kappa shape index (κ1) is 22.1. The highest BCUT2D eigenvalue weighted by Gasteiger charge is 2.56. The second kappa shape index (κ2) is 8.68. The Kier molecular flexibility index (Phi) is 5.82. The Morgan fingerprint density at radius 1 is 0.727 bits per heavy atom. The van der Waals surface area contributed by atoms with Gasteiger partial charge < -0.3 is 5.32 Å². The number of ketones is 1. The Balaban J connectivity index is 1.45. The van der Waals surface area contributed by atoms with Crippen LogP contribution in [0.25, 0.3) is 0 Å². The average Bonchev–Trinajstić information content (AvgIpc) is 3.63. The number of fused-ring (bicyclic) bond motifs is 2. The summed E-state index contributed by atoms with van der Waals surface area (Å²) in [4.78, 5) is 28.8. The molecular formula is C30H43NO2. The van der Waals surface area contributed by atoms with Crippen LogP contribution in [-0.2, 0) is 9.59 Å². The minimum atomic E-state index is -0.522. The number of carbonyl (C=O) groups is 2. The molecule has 6 rings (SSSR count). The summed E-state index contributed by atoms with van der Waals surface area (Å²) in [6, 6.07) is 0. The van der Waals surface area contributed by atoms with Gasteiger partial charge in [0.15, 0.2) is 5.78 Å². The van der Waals surface area contributed by atoms with E-state index < -0.39 is 5.41 Å². The molecule has 0 aromatic heterocycles. The fraction of sp³-hybridized carbons (Fsp3) is 0.800. The summed E-state index contributed by atoms with van der Waals surface area (Å²) in [6.45, 7) is 0. The molecule has 0 aromatic rings. The molecule has 0 saturated heterocycles. The molecule has 1 N–H and O–H groups in total. The molecule has 6 aliphatic rings. The van der Waals surface area contributed by atoms with Crippen molar-refractivity contribution in [1.29, 1.82) is 0 Å². The highest BCUT2D eigenvalue weighted by atomic mass is 16.2. The van der Waals surface area contributed by atoms with Crippen molar-refractivity contribution >= 4 is 11.7 Å². The number of hydrogen-bond donors (Lipinski definition) is 1. The van der Waals surface area contributed by atoms with E-state index in [0.717, 1.165) is 63.4 Å². The first-order valence-electron chi connectivity index (χ1n) is 14.5. The highest BCUT2D eigenvalue weighted by Crippen LogP contribution is 2.57. The van der Waals surface area contributed by atoms with Crippen molar-refractivity contribution in [2.24, 2.45) is 17.3 Å². The maximum Gasteiger partial charge on any atom is 0.248 e. The van der Waals surface area contributed by atoms with Crippen LogP contribution in [0.3, 0.4) is 0 Å². The maximum absolute atomic E-state index is 14.8. The molecule has 1 atom stereocenters. The molecule has 1 heterocycles. The molecule has 180 valence electrons. The number of hydrogen-bond acceptors (Lipinski definition) is 2. The zero-order valence-corrected chi connectivity index (χ0v) is 20.6. The summed E-state index contributed by atoms with van der Waals surface area (Å²) in [5.74, 6) is 1.52. The molecule has 33 heavy (non-hydrogen) atoms. The summed E-state index contributed by atoms with van der Waals surface area (Å²) in [6.07, 6.45) is 23.1. The lowest BCUT2D eigenvalue weighted by Crippen LogP contribution is -2.60. The van der Waals surface area contributed by atoms with E-state index in [1.54, 1.807) is 0 Å². The zero-order chi connectivity index (χ0) is 22.5. The first-order valence-corrected chi connectivity index (χ1v) is 14.5. The van der Waals surface area contributed by atoms with Gasteiger partial charge in [-0.3, -0.25) is 9.59 Å². The summed E-state index contributed by atoms with van der Waals surface area (Å²) in [7, 11) is 0.